The Kier molecular flexibility index (Phi) is 2.03. The smallest absolute Gasteiger partial charge is 0.206 e. The maximum absolute atomic E-state index is 12.0. The maximum Gasteiger partial charge on any atom is 0.206 e. The second-order valence-corrected chi connectivity index (χ2v) is 3.79. The first-order chi connectivity index (χ1) is 7.84. The van der Waals surface area contributed by atoms with E-state index in [0.717, 1.165) is 11.3 Å². The molecule has 0 amide bonds. The molecule has 0 spiro atoms. The second-order valence-electron chi connectivity index (χ2n) is 3.79. The molecule has 3 rings (SSSR count). The Morgan fingerprint density at radius 2 is 2.12 bits per heavy atom. The van der Waals surface area contributed by atoms with Crippen molar-refractivity contribution in [2.24, 2.45) is 0 Å². The van der Waals surface area contributed by atoms with Crippen molar-refractivity contribution in [3.05, 3.63) is 54.0 Å². The van der Waals surface area contributed by atoms with Gasteiger partial charge in [0.1, 0.15) is 12.0 Å². The molecule has 1 atom stereocenters. The summed E-state index contributed by atoms with van der Waals surface area (Å²) in [4.78, 5) is 12.0. The average molecular weight is 214 g/mol. The summed E-state index contributed by atoms with van der Waals surface area (Å²) >= 11 is 0. The topological polar surface area (TPSA) is 39.4 Å². The van der Waals surface area contributed by atoms with Crippen LogP contribution in [0.5, 0.6) is 5.75 Å². The molecule has 1 aromatic heterocycles. The molecule has 0 saturated carbocycles. The van der Waals surface area contributed by atoms with Gasteiger partial charge in [-0.25, -0.2) is 0 Å². The number of rotatable bonds is 2. The average Bonchev–Trinajstić information content (AvgIpc) is 2.97. The quantitative estimate of drug-likeness (QED) is 0.721. The van der Waals surface area contributed by atoms with Crippen LogP contribution in [0.2, 0.25) is 0 Å². The van der Waals surface area contributed by atoms with Gasteiger partial charge in [-0.3, -0.25) is 4.79 Å². The van der Waals surface area contributed by atoms with Crippen LogP contribution in [0.3, 0.4) is 0 Å². The van der Waals surface area contributed by atoms with Gasteiger partial charge in [-0.2, -0.15) is 0 Å². The van der Waals surface area contributed by atoms with Crippen molar-refractivity contribution in [2.75, 3.05) is 0 Å². The molecule has 1 aliphatic heterocycles. The van der Waals surface area contributed by atoms with Gasteiger partial charge in [0, 0.05) is 6.42 Å². The second kappa shape index (κ2) is 3.52. The van der Waals surface area contributed by atoms with Crippen molar-refractivity contribution in [3.8, 4) is 5.75 Å². The van der Waals surface area contributed by atoms with Crippen LogP contribution in [0.4, 0.5) is 0 Å². The molecule has 16 heavy (non-hydrogen) atoms. The first kappa shape index (κ1) is 9.21. The number of Topliss-reactive ketones (excluding diaryl/α,β-unsaturated/α-hetero) is 1. The number of ether oxygens (including phenoxy) is 1. The fourth-order valence-corrected chi connectivity index (χ4v) is 1.92. The summed E-state index contributed by atoms with van der Waals surface area (Å²) in [5.41, 5.74) is 1.65. The fraction of sp³-hybridized carbons (Fsp3) is 0.154. The van der Waals surface area contributed by atoms with E-state index in [1.165, 1.54) is 12.5 Å². The minimum Gasteiger partial charge on any atom is -0.482 e. The van der Waals surface area contributed by atoms with Crippen LogP contribution in [0.15, 0.2) is 47.3 Å². The summed E-state index contributed by atoms with van der Waals surface area (Å²) in [7, 11) is 0. The Bertz CT molecular complexity index is 489. The van der Waals surface area contributed by atoms with Gasteiger partial charge in [-0.15, -0.1) is 0 Å². The standard InChI is InChI=1S/C13H10O3/c14-13(10-5-6-15-8-10)12-7-9-3-1-2-4-11(9)16-12/h1-6,8,12H,7H2. The summed E-state index contributed by atoms with van der Waals surface area (Å²) in [6.45, 7) is 0. The Morgan fingerprint density at radius 3 is 2.88 bits per heavy atom. The molecule has 80 valence electrons. The molecule has 0 bridgehead atoms. The lowest BCUT2D eigenvalue weighted by molar-refractivity contribution is 0.0824. The lowest BCUT2D eigenvalue weighted by Gasteiger charge is -2.07. The highest BCUT2D eigenvalue weighted by Crippen LogP contribution is 2.29. The van der Waals surface area contributed by atoms with E-state index in [4.69, 9.17) is 9.15 Å². The molecule has 0 fully saturated rings. The molecular weight excluding hydrogens is 204 g/mol. The molecule has 1 unspecified atom stereocenters. The number of furan rings is 1. The summed E-state index contributed by atoms with van der Waals surface area (Å²) < 4.78 is 10.5. The zero-order chi connectivity index (χ0) is 11.0. The van der Waals surface area contributed by atoms with Gasteiger partial charge in [0.2, 0.25) is 5.78 Å². The molecule has 0 radical (unpaired) electrons. The zero-order valence-corrected chi connectivity index (χ0v) is 8.55. The van der Waals surface area contributed by atoms with Crippen molar-refractivity contribution in [2.45, 2.75) is 12.5 Å². The first-order valence-electron chi connectivity index (χ1n) is 5.15. The number of carbonyl (C=O) groups excluding carboxylic acids is 1. The monoisotopic (exact) mass is 214 g/mol. The largest absolute Gasteiger partial charge is 0.482 e. The van der Waals surface area contributed by atoms with Gasteiger partial charge >= 0.3 is 0 Å². The Balaban J connectivity index is 1.84. The van der Waals surface area contributed by atoms with E-state index < -0.39 is 6.10 Å². The summed E-state index contributed by atoms with van der Waals surface area (Å²) in [5, 5.41) is 0. The lowest BCUT2D eigenvalue weighted by atomic mass is 10.0. The molecule has 0 saturated heterocycles. The fourth-order valence-electron chi connectivity index (χ4n) is 1.92. The van der Waals surface area contributed by atoms with Crippen molar-refractivity contribution in [3.63, 3.8) is 0 Å². The third-order valence-electron chi connectivity index (χ3n) is 2.75. The summed E-state index contributed by atoms with van der Waals surface area (Å²) in [6.07, 6.45) is 3.18. The van der Waals surface area contributed by atoms with Gasteiger partial charge in [0.25, 0.3) is 0 Å². The number of carbonyl (C=O) groups is 1. The molecule has 2 heterocycles. The third kappa shape index (κ3) is 1.41. The highest BCUT2D eigenvalue weighted by atomic mass is 16.5. The first-order valence-corrected chi connectivity index (χ1v) is 5.15. The zero-order valence-electron chi connectivity index (χ0n) is 8.55. The summed E-state index contributed by atoms with van der Waals surface area (Å²) in [6, 6.07) is 9.39. The molecule has 3 nitrogen and oxygen atoms in total. The highest BCUT2D eigenvalue weighted by Gasteiger charge is 2.29. The maximum atomic E-state index is 12.0. The van der Waals surface area contributed by atoms with Gasteiger partial charge in [0.15, 0.2) is 6.10 Å². The normalized spacial score (nSPS) is 17.9. The van der Waals surface area contributed by atoms with E-state index in [2.05, 4.69) is 0 Å². The van der Waals surface area contributed by atoms with E-state index in [0.29, 0.717) is 12.0 Å². The minimum atomic E-state index is -0.407. The van der Waals surface area contributed by atoms with E-state index in [9.17, 15) is 4.79 Å². The predicted molar refractivity (Wildman–Crippen MR) is 57.6 cm³/mol. The Hall–Kier alpha value is -2.03. The van der Waals surface area contributed by atoms with Crippen LogP contribution < -0.4 is 4.74 Å². The molecule has 1 aromatic carbocycles. The molecule has 2 aromatic rings. The van der Waals surface area contributed by atoms with Crippen LogP contribution in [0, 0.1) is 0 Å². The van der Waals surface area contributed by atoms with E-state index >= 15 is 0 Å². The number of fused-ring (bicyclic) bond motifs is 1. The molecule has 1 aliphatic rings. The Labute approximate surface area is 92.6 Å². The van der Waals surface area contributed by atoms with E-state index in [-0.39, 0.29) is 5.78 Å². The van der Waals surface area contributed by atoms with E-state index in [1.807, 2.05) is 24.3 Å². The minimum absolute atomic E-state index is 0.0232. The number of hydrogen-bond acceptors (Lipinski definition) is 3. The van der Waals surface area contributed by atoms with Gasteiger partial charge in [-0.1, -0.05) is 18.2 Å². The van der Waals surface area contributed by atoms with Gasteiger partial charge in [0.05, 0.1) is 11.8 Å². The summed E-state index contributed by atoms with van der Waals surface area (Å²) in [5.74, 6) is 0.786. The predicted octanol–water partition coefficient (Wildman–Crippen LogP) is 2.47. The number of ketones is 1. The molecule has 0 N–H and O–H groups in total. The van der Waals surface area contributed by atoms with Crippen LogP contribution in [-0.2, 0) is 6.42 Å². The van der Waals surface area contributed by atoms with Gasteiger partial charge in [-0.05, 0) is 17.7 Å². The van der Waals surface area contributed by atoms with Crippen LogP contribution in [-0.4, -0.2) is 11.9 Å². The molecule has 3 heteroatoms. The lowest BCUT2D eigenvalue weighted by Crippen LogP contribution is -2.24. The van der Waals surface area contributed by atoms with E-state index in [1.54, 1.807) is 6.07 Å². The van der Waals surface area contributed by atoms with Crippen molar-refractivity contribution >= 4 is 5.78 Å². The van der Waals surface area contributed by atoms with Crippen LogP contribution in [0.25, 0.3) is 0 Å². The molecular formula is C13H10O3. The number of benzene rings is 1. The van der Waals surface area contributed by atoms with Crippen molar-refractivity contribution in [1.29, 1.82) is 0 Å². The third-order valence-corrected chi connectivity index (χ3v) is 2.75. The molecule has 0 aliphatic carbocycles. The number of para-hydroxylation sites is 1. The van der Waals surface area contributed by atoms with Crippen molar-refractivity contribution in [1.82, 2.24) is 0 Å². The van der Waals surface area contributed by atoms with Gasteiger partial charge < -0.3 is 9.15 Å². The highest BCUT2D eigenvalue weighted by molar-refractivity contribution is 6.00. The Morgan fingerprint density at radius 1 is 1.25 bits per heavy atom. The SMILES string of the molecule is O=C(c1ccoc1)C1Cc2ccccc2O1. The van der Waals surface area contributed by atoms with Crippen molar-refractivity contribution < 1.29 is 13.9 Å². The van der Waals surface area contributed by atoms with Crippen LogP contribution >= 0.6 is 0 Å². The van der Waals surface area contributed by atoms with Crippen LogP contribution in [0.1, 0.15) is 15.9 Å². The number of hydrogen-bond donors (Lipinski definition) is 0.